The lowest BCUT2D eigenvalue weighted by atomic mass is 10.00. The first-order valence-electron chi connectivity index (χ1n) is 12.7. The summed E-state index contributed by atoms with van der Waals surface area (Å²) in [6, 6.07) is 38.8. The van der Waals surface area contributed by atoms with Crippen molar-refractivity contribution in [3.63, 3.8) is 0 Å². The minimum atomic E-state index is -0.153. The van der Waals surface area contributed by atoms with E-state index in [2.05, 4.69) is 58.8 Å². The summed E-state index contributed by atoms with van der Waals surface area (Å²) in [4.78, 5) is 18.1. The summed E-state index contributed by atoms with van der Waals surface area (Å²) in [5.41, 5.74) is 5.74. The minimum Gasteiger partial charge on any atom is -0.463 e. The molecule has 4 aromatic carbocycles. The number of carbonyl (C=O) groups is 1. The molecular formula is C33H23N3O2S. The van der Waals surface area contributed by atoms with Gasteiger partial charge in [-0.1, -0.05) is 90.2 Å². The molecule has 188 valence electrons. The number of nitrogens with one attached hydrogen (secondary N) is 1. The second-order valence-electron chi connectivity index (χ2n) is 9.32. The number of para-hydroxylation sites is 1. The predicted molar refractivity (Wildman–Crippen MR) is 159 cm³/mol. The lowest BCUT2D eigenvalue weighted by Gasteiger charge is -2.13. The monoisotopic (exact) mass is 525 g/mol. The van der Waals surface area contributed by atoms with Crippen LogP contribution < -0.4 is 5.32 Å². The molecule has 0 unspecified atom stereocenters. The number of hydrogen-bond donors (Lipinski definition) is 1. The van der Waals surface area contributed by atoms with E-state index in [1.54, 1.807) is 6.26 Å². The summed E-state index contributed by atoms with van der Waals surface area (Å²) in [5, 5.41) is 5.94. The van der Waals surface area contributed by atoms with Crippen LogP contribution in [0, 0.1) is 0 Å². The van der Waals surface area contributed by atoms with Gasteiger partial charge in [0, 0.05) is 11.3 Å². The van der Waals surface area contributed by atoms with Gasteiger partial charge >= 0.3 is 0 Å². The highest BCUT2D eigenvalue weighted by atomic mass is 32.1. The maximum absolute atomic E-state index is 13.5. The fourth-order valence-corrected chi connectivity index (χ4v) is 5.93. The number of fused-ring (bicyclic) bond motifs is 2. The fraction of sp³-hybridized carbons (Fsp3) is 0.0303. The molecule has 0 aliphatic heterocycles. The number of thiazole rings is 1. The fourth-order valence-electron chi connectivity index (χ4n) is 5.05. The van der Waals surface area contributed by atoms with Crippen LogP contribution >= 0.6 is 11.3 Å². The molecule has 1 amide bonds. The van der Waals surface area contributed by atoms with Crippen molar-refractivity contribution in [1.82, 2.24) is 9.55 Å². The van der Waals surface area contributed by atoms with E-state index >= 15 is 0 Å². The van der Waals surface area contributed by atoms with Crippen LogP contribution in [-0.4, -0.2) is 15.5 Å². The van der Waals surface area contributed by atoms with Crippen molar-refractivity contribution in [2.45, 2.75) is 6.54 Å². The molecule has 39 heavy (non-hydrogen) atoms. The van der Waals surface area contributed by atoms with Gasteiger partial charge < -0.3 is 14.3 Å². The summed E-state index contributed by atoms with van der Waals surface area (Å²) in [7, 11) is 0. The van der Waals surface area contributed by atoms with Crippen molar-refractivity contribution in [2.75, 3.05) is 5.32 Å². The zero-order valence-electron chi connectivity index (χ0n) is 20.9. The molecule has 5 nitrogen and oxygen atoms in total. The number of benzene rings is 4. The normalized spacial score (nSPS) is 11.3. The van der Waals surface area contributed by atoms with Gasteiger partial charge in [0.1, 0.15) is 6.54 Å². The molecule has 3 heterocycles. The SMILES string of the molecule is O=C(Cn1c(-c2ccccc2)cc(-c2ccc3ccccc3c2)c1-c1ccco1)Nc1nc2ccccc2s1. The highest BCUT2D eigenvalue weighted by molar-refractivity contribution is 7.22. The number of carbonyl (C=O) groups excluding carboxylic acids is 1. The average Bonchev–Trinajstić information content (AvgIpc) is 3.72. The highest BCUT2D eigenvalue weighted by Gasteiger charge is 2.23. The van der Waals surface area contributed by atoms with Gasteiger partial charge in [-0.05, 0) is 58.3 Å². The Bertz CT molecular complexity index is 1900. The number of rotatable bonds is 6. The van der Waals surface area contributed by atoms with Crippen molar-refractivity contribution in [1.29, 1.82) is 0 Å². The van der Waals surface area contributed by atoms with Gasteiger partial charge in [-0.25, -0.2) is 4.98 Å². The lowest BCUT2D eigenvalue weighted by molar-refractivity contribution is -0.116. The quantitative estimate of drug-likeness (QED) is 0.237. The van der Waals surface area contributed by atoms with Crippen LogP contribution in [0.15, 0.2) is 126 Å². The van der Waals surface area contributed by atoms with Gasteiger partial charge in [-0.2, -0.15) is 0 Å². The molecular weight excluding hydrogens is 502 g/mol. The molecule has 3 aromatic heterocycles. The van der Waals surface area contributed by atoms with E-state index in [1.807, 2.05) is 71.3 Å². The van der Waals surface area contributed by atoms with Crippen LogP contribution in [0.4, 0.5) is 5.13 Å². The number of nitrogens with zero attached hydrogens (tertiary/aromatic N) is 2. The molecule has 6 heteroatoms. The third-order valence-electron chi connectivity index (χ3n) is 6.82. The van der Waals surface area contributed by atoms with Gasteiger partial charge in [-0.3, -0.25) is 4.79 Å². The van der Waals surface area contributed by atoms with Crippen molar-refractivity contribution in [3.8, 4) is 33.8 Å². The molecule has 0 aliphatic carbocycles. The van der Waals surface area contributed by atoms with Crippen molar-refractivity contribution in [3.05, 3.63) is 122 Å². The number of amides is 1. The van der Waals surface area contributed by atoms with E-state index in [1.165, 1.54) is 16.7 Å². The molecule has 0 atom stereocenters. The Kier molecular flexibility index (Phi) is 5.79. The minimum absolute atomic E-state index is 0.101. The van der Waals surface area contributed by atoms with Crippen molar-refractivity contribution in [2.24, 2.45) is 0 Å². The van der Waals surface area contributed by atoms with E-state index in [0.29, 0.717) is 10.9 Å². The predicted octanol–water partition coefficient (Wildman–Crippen LogP) is 8.48. The Balaban J connectivity index is 1.36. The average molecular weight is 526 g/mol. The first kappa shape index (κ1) is 23.2. The first-order chi connectivity index (χ1) is 19.2. The summed E-state index contributed by atoms with van der Waals surface area (Å²) in [6.45, 7) is 0.101. The molecule has 1 N–H and O–H groups in total. The maximum Gasteiger partial charge on any atom is 0.246 e. The largest absolute Gasteiger partial charge is 0.463 e. The Morgan fingerprint density at radius 2 is 1.59 bits per heavy atom. The van der Waals surface area contributed by atoms with E-state index in [4.69, 9.17) is 4.42 Å². The smallest absolute Gasteiger partial charge is 0.246 e. The van der Waals surface area contributed by atoms with Gasteiger partial charge in [0.25, 0.3) is 0 Å². The highest BCUT2D eigenvalue weighted by Crippen LogP contribution is 2.40. The summed E-state index contributed by atoms with van der Waals surface area (Å²) in [5.74, 6) is 0.549. The van der Waals surface area contributed by atoms with E-state index in [9.17, 15) is 4.79 Å². The number of hydrogen-bond acceptors (Lipinski definition) is 4. The third kappa shape index (κ3) is 4.41. The van der Waals surface area contributed by atoms with Crippen LogP contribution in [0.3, 0.4) is 0 Å². The van der Waals surface area contributed by atoms with Crippen LogP contribution in [0.1, 0.15) is 0 Å². The summed E-state index contributed by atoms with van der Waals surface area (Å²) >= 11 is 1.47. The van der Waals surface area contributed by atoms with Crippen LogP contribution in [0.5, 0.6) is 0 Å². The topological polar surface area (TPSA) is 60.1 Å². The third-order valence-corrected chi connectivity index (χ3v) is 7.78. The van der Waals surface area contributed by atoms with E-state index in [-0.39, 0.29) is 12.5 Å². The van der Waals surface area contributed by atoms with Crippen LogP contribution in [0.2, 0.25) is 0 Å². The Morgan fingerprint density at radius 1 is 0.795 bits per heavy atom. The van der Waals surface area contributed by atoms with Crippen LogP contribution in [-0.2, 0) is 11.3 Å². The molecule has 7 rings (SSSR count). The van der Waals surface area contributed by atoms with Crippen molar-refractivity contribution >= 4 is 43.4 Å². The zero-order valence-corrected chi connectivity index (χ0v) is 21.7. The molecule has 0 fully saturated rings. The molecule has 0 bridgehead atoms. The van der Waals surface area contributed by atoms with Crippen molar-refractivity contribution < 1.29 is 9.21 Å². The Morgan fingerprint density at radius 3 is 2.41 bits per heavy atom. The number of aromatic nitrogens is 2. The van der Waals surface area contributed by atoms with Crippen LogP contribution in [0.25, 0.3) is 54.8 Å². The molecule has 7 aromatic rings. The summed E-state index contributed by atoms with van der Waals surface area (Å²) in [6.07, 6.45) is 1.67. The molecule has 0 radical (unpaired) electrons. The number of furan rings is 1. The second-order valence-corrected chi connectivity index (χ2v) is 10.3. The van der Waals surface area contributed by atoms with Gasteiger partial charge in [-0.15, -0.1) is 0 Å². The first-order valence-corrected chi connectivity index (χ1v) is 13.5. The Hall–Kier alpha value is -4.94. The van der Waals surface area contributed by atoms with E-state index < -0.39 is 0 Å². The van der Waals surface area contributed by atoms with Gasteiger partial charge in [0.05, 0.1) is 22.2 Å². The molecule has 0 saturated carbocycles. The maximum atomic E-state index is 13.5. The lowest BCUT2D eigenvalue weighted by Crippen LogP contribution is -2.19. The zero-order chi connectivity index (χ0) is 26.2. The van der Waals surface area contributed by atoms with E-state index in [0.717, 1.165) is 43.7 Å². The summed E-state index contributed by atoms with van der Waals surface area (Å²) < 4.78 is 9.01. The second kappa shape index (κ2) is 9.74. The van der Waals surface area contributed by atoms with Gasteiger partial charge in [0.15, 0.2) is 10.9 Å². The molecule has 0 aliphatic rings. The van der Waals surface area contributed by atoms with Gasteiger partial charge in [0.2, 0.25) is 5.91 Å². The molecule has 0 spiro atoms. The standard InChI is InChI=1S/C33H23N3O2S/c37-31(35-33-34-27-13-6-7-15-30(27)39-33)21-36-28(23-10-2-1-3-11-23)20-26(32(36)29-14-8-18-38-29)25-17-16-22-9-4-5-12-24(22)19-25/h1-20H,21H2,(H,34,35,37). The number of anilines is 1. The Labute approximate surface area is 229 Å². The molecule has 0 saturated heterocycles.